The Labute approximate surface area is 240 Å². The number of amides is 2. The Balaban J connectivity index is 1.33. The van der Waals surface area contributed by atoms with Gasteiger partial charge in [0.25, 0.3) is 11.8 Å². The van der Waals surface area contributed by atoms with Gasteiger partial charge in [0.1, 0.15) is 5.00 Å². The number of sulfonamides is 1. The van der Waals surface area contributed by atoms with Crippen molar-refractivity contribution in [3.05, 3.63) is 81.7 Å². The highest BCUT2D eigenvalue weighted by molar-refractivity contribution is 7.89. The van der Waals surface area contributed by atoms with Crippen molar-refractivity contribution in [3.8, 4) is 0 Å². The quantitative estimate of drug-likeness (QED) is 0.426. The number of piperidine rings is 1. The molecule has 3 heterocycles. The van der Waals surface area contributed by atoms with Gasteiger partial charge in [0.15, 0.2) is 0 Å². The van der Waals surface area contributed by atoms with Crippen LogP contribution in [0.25, 0.3) is 0 Å². The molecule has 212 valence electrons. The summed E-state index contributed by atoms with van der Waals surface area (Å²) in [5.41, 5.74) is 3.06. The summed E-state index contributed by atoms with van der Waals surface area (Å²) < 4.78 is 28.0. The van der Waals surface area contributed by atoms with Gasteiger partial charge in [-0.2, -0.15) is 4.31 Å². The SMILES string of the molecule is CNC(=O)c1c(NC(=O)c2ccc(S(=O)(=O)N3CC(C)CC(C)C3)cc2)sc2c1CCN(Cc1ccccc1)C2. The Morgan fingerprint density at radius 1 is 0.975 bits per heavy atom. The molecule has 3 aromatic rings. The number of hydrogen-bond donors (Lipinski definition) is 2. The largest absolute Gasteiger partial charge is 0.355 e. The average Bonchev–Trinajstić information content (AvgIpc) is 3.29. The number of thiophene rings is 1. The molecule has 2 aliphatic heterocycles. The van der Waals surface area contributed by atoms with Crippen molar-refractivity contribution >= 4 is 38.2 Å². The zero-order valence-electron chi connectivity index (χ0n) is 23.1. The van der Waals surface area contributed by atoms with Crippen LogP contribution in [0.15, 0.2) is 59.5 Å². The number of benzene rings is 2. The summed E-state index contributed by atoms with van der Waals surface area (Å²) in [5.74, 6) is 0.00468. The number of hydrogen-bond acceptors (Lipinski definition) is 6. The van der Waals surface area contributed by atoms with Gasteiger partial charge in [0.2, 0.25) is 10.0 Å². The Morgan fingerprint density at radius 3 is 2.30 bits per heavy atom. The van der Waals surface area contributed by atoms with Crippen LogP contribution in [-0.2, 0) is 29.5 Å². The molecule has 2 N–H and O–H groups in total. The number of carbonyl (C=O) groups excluding carboxylic acids is 2. The molecule has 1 fully saturated rings. The van der Waals surface area contributed by atoms with E-state index in [1.165, 1.54) is 41.2 Å². The fourth-order valence-corrected chi connectivity index (χ4v) is 8.75. The van der Waals surface area contributed by atoms with Gasteiger partial charge in [-0.15, -0.1) is 11.3 Å². The Hall–Kier alpha value is -3.05. The van der Waals surface area contributed by atoms with Crippen molar-refractivity contribution < 1.29 is 18.0 Å². The third kappa shape index (κ3) is 6.00. The average molecular weight is 581 g/mol. The van der Waals surface area contributed by atoms with Crippen LogP contribution >= 0.6 is 11.3 Å². The standard InChI is InChI=1S/C30H36N4O4S2/c1-20-15-21(2)17-34(16-20)40(37,38)24-11-9-23(10-12-24)28(35)32-30-27(29(36)31-3)25-13-14-33(19-26(25)39-30)18-22-7-5-4-6-8-22/h4-12,20-21H,13-19H2,1-3H3,(H,31,36)(H,32,35). The summed E-state index contributed by atoms with van der Waals surface area (Å²) in [6.45, 7) is 7.49. The zero-order valence-corrected chi connectivity index (χ0v) is 24.8. The van der Waals surface area contributed by atoms with E-state index >= 15 is 0 Å². The summed E-state index contributed by atoms with van der Waals surface area (Å²) in [4.78, 5) is 29.7. The Kier molecular flexibility index (Phi) is 8.42. The van der Waals surface area contributed by atoms with Gasteiger partial charge < -0.3 is 10.6 Å². The molecule has 0 radical (unpaired) electrons. The fourth-order valence-electron chi connectivity index (χ4n) is 5.79. The van der Waals surface area contributed by atoms with Crippen LogP contribution < -0.4 is 10.6 Å². The van der Waals surface area contributed by atoms with Crippen molar-refractivity contribution in [1.82, 2.24) is 14.5 Å². The highest BCUT2D eigenvalue weighted by atomic mass is 32.2. The molecule has 2 aliphatic rings. The van der Waals surface area contributed by atoms with Gasteiger partial charge >= 0.3 is 0 Å². The van der Waals surface area contributed by atoms with Crippen LogP contribution in [0.5, 0.6) is 0 Å². The van der Waals surface area contributed by atoms with Crippen LogP contribution in [0.2, 0.25) is 0 Å². The second-order valence-corrected chi connectivity index (χ2v) is 14.0. The molecule has 8 nitrogen and oxygen atoms in total. The third-order valence-electron chi connectivity index (χ3n) is 7.66. The van der Waals surface area contributed by atoms with Crippen molar-refractivity contribution in [2.75, 3.05) is 32.0 Å². The molecule has 1 saturated heterocycles. The van der Waals surface area contributed by atoms with Gasteiger partial charge in [-0.1, -0.05) is 44.2 Å². The van der Waals surface area contributed by atoms with E-state index in [9.17, 15) is 18.0 Å². The molecule has 0 saturated carbocycles. The van der Waals surface area contributed by atoms with E-state index in [1.807, 2.05) is 18.2 Å². The molecule has 0 spiro atoms. The van der Waals surface area contributed by atoms with Crippen LogP contribution in [0, 0.1) is 11.8 Å². The molecule has 40 heavy (non-hydrogen) atoms. The molecule has 5 rings (SSSR count). The molecular weight excluding hydrogens is 544 g/mol. The second kappa shape index (κ2) is 11.8. The summed E-state index contributed by atoms with van der Waals surface area (Å²) >= 11 is 1.43. The number of fused-ring (bicyclic) bond motifs is 1. The smallest absolute Gasteiger partial charge is 0.256 e. The maximum atomic E-state index is 13.2. The molecular formula is C30H36N4O4S2. The minimum Gasteiger partial charge on any atom is -0.355 e. The molecule has 1 aromatic heterocycles. The van der Waals surface area contributed by atoms with E-state index in [2.05, 4.69) is 41.5 Å². The molecule has 0 bridgehead atoms. The van der Waals surface area contributed by atoms with Crippen molar-refractivity contribution in [3.63, 3.8) is 0 Å². The van der Waals surface area contributed by atoms with E-state index in [0.29, 0.717) is 47.6 Å². The van der Waals surface area contributed by atoms with Gasteiger partial charge in [0.05, 0.1) is 10.5 Å². The lowest BCUT2D eigenvalue weighted by Crippen LogP contribution is -2.42. The van der Waals surface area contributed by atoms with Crippen LogP contribution in [0.3, 0.4) is 0 Å². The Morgan fingerprint density at radius 2 is 1.65 bits per heavy atom. The summed E-state index contributed by atoms with van der Waals surface area (Å²) in [5, 5.41) is 6.17. The van der Waals surface area contributed by atoms with Crippen LogP contribution in [0.1, 0.15) is 57.0 Å². The van der Waals surface area contributed by atoms with Crippen LogP contribution in [-0.4, -0.2) is 56.1 Å². The number of nitrogens with one attached hydrogen (secondary N) is 2. The lowest BCUT2D eigenvalue weighted by molar-refractivity contribution is 0.0962. The predicted molar refractivity (Wildman–Crippen MR) is 158 cm³/mol. The second-order valence-electron chi connectivity index (χ2n) is 11.0. The highest BCUT2D eigenvalue weighted by Crippen LogP contribution is 2.38. The normalized spacial score (nSPS) is 20.1. The number of anilines is 1. The lowest BCUT2D eigenvalue weighted by atomic mass is 9.94. The first-order valence-corrected chi connectivity index (χ1v) is 16.0. The monoisotopic (exact) mass is 580 g/mol. The van der Waals surface area contributed by atoms with Gasteiger partial charge in [-0.05, 0) is 60.1 Å². The lowest BCUT2D eigenvalue weighted by Gasteiger charge is -2.34. The van der Waals surface area contributed by atoms with Crippen molar-refractivity contribution in [2.45, 2.75) is 44.7 Å². The summed E-state index contributed by atoms with van der Waals surface area (Å²) in [6, 6.07) is 16.3. The van der Waals surface area contributed by atoms with Crippen LogP contribution in [0.4, 0.5) is 5.00 Å². The fraction of sp³-hybridized carbons (Fsp3) is 0.400. The van der Waals surface area contributed by atoms with Gasteiger partial charge in [-0.3, -0.25) is 14.5 Å². The number of nitrogens with zero attached hydrogens (tertiary/aromatic N) is 2. The summed E-state index contributed by atoms with van der Waals surface area (Å²) in [6.07, 6.45) is 1.73. The Bertz CT molecular complexity index is 1480. The molecule has 2 atom stereocenters. The molecule has 10 heteroatoms. The van der Waals surface area contributed by atoms with Crippen molar-refractivity contribution in [1.29, 1.82) is 0 Å². The molecule has 2 aromatic carbocycles. The first kappa shape index (κ1) is 28.5. The minimum atomic E-state index is -3.63. The van der Waals surface area contributed by atoms with Crippen molar-refractivity contribution in [2.24, 2.45) is 11.8 Å². The molecule has 2 amide bonds. The number of rotatable bonds is 7. The maximum absolute atomic E-state index is 13.2. The summed E-state index contributed by atoms with van der Waals surface area (Å²) in [7, 11) is -2.05. The van der Waals surface area contributed by atoms with Gasteiger partial charge in [0, 0.05) is 50.2 Å². The van der Waals surface area contributed by atoms with E-state index in [4.69, 9.17) is 0 Å². The zero-order chi connectivity index (χ0) is 28.4. The van der Waals surface area contributed by atoms with E-state index in [1.54, 1.807) is 11.4 Å². The minimum absolute atomic E-state index is 0.182. The van der Waals surface area contributed by atoms with Gasteiger partial charge in [-0.25, -0.2) is 8.42 Å². The molecule has 0 aliphatic carbocycles. The van der Waals surface area contributed by atoms with E-state index in [-0.39, 0.29) is 16.7 Å². The highest BCUT2D eigenvalue weighted by Gasteiger charge is 2.32. The topological polar surface area (TPSA) is 98.8 Å². The molecule has 2 unspecified atom stereocenters. The van der Waals surface area contributed by atoms with E-state index < -0.39 is 10.0 Å². The third-order valence-corrected chi connectivity index (χ3v) is 10.6. The van der Waals surface area contributed by atoms with E-state index in [0.717, 1.165) is 36.4 Å². The maximum Gasteiger partial charge on any atom is 0.256 e. The first-order chi connectivity index (χ1) is 19.2. The number of carbonyl (C=O) groups is 2. The predicted octanol–water partition coefficient (Wildman–Crippen LogP) is 4.58. The first-order valence-electron chi connectivity index (χ1n) is 13.7.